The Morgan fingerprint density at radius 3 is 2.34 bits per heavy atom. The highest BCUT2D eigenvalue weighted by atomic mass is 35.5. The van der Waals surface area contributed by atoms with E-state index in [0.717, 1.165) is 18.0 Å². The third kappa shape index (κ3) is 4.88. The molecule has 1 saturated heterocycles. The fraction of sp³-hybridized carbons (Fsp3) is 0.296. The molecule has 1 atom stereocenters. The molecule has 0 bridgehead atoms. The highest BCUT2D eigenvalue weighted by Gasteiger charge is 2.30. The van der Waals surface area contributed by atoms with Gasteiger partial charge < -0.3 is 4.90 Å². The van der Waals surface area contributed by atoms with Crippen molar-refractivity contribution in [2.45, 2.75) is 24.8 Å². The first-order chi connectivity index (χ1) is 15.5. The monoisotopic (exact) mass is 464 g/mol. The molecule has 3 aromatic rings. The number of halogens is 1. The summed E-state index contributed by atoms with van der Waals surface area (Å²) < 4.78 is 0. The second kappa shape index (κ2) is 10.1. The van der Waals surface area contributed by atoms with Crippen molar-refractivity contribution in [2.75, 3.05) is 32.4 Å². The van der Waals surface area contributed by atoms with Crippen LogP contribution in [-0.2, 0) is 0 Å². The Kier molecular flexibility index (Phi) is 7.24. The molecule has 0 saturated carbocycles. The summed E-state index contributed by atoms with van der Waals surface area (Å²) in [6.45, 7) is 7.34. The van der Waals surface area contributed by atoms with Gasteiger partial charge in [0.15, 0.2) is 0 Å². The molecule has 0 aromatic heterocycles. The number of piperazine rings is 1. The molecule has 0 radical (unpaired) electrons. The number of thioether (sulfide) groups is 1. The maximum absolute atomic E-state index is 13.2. The van der Waals surface area contributed by atoms with Crippen molar-refractivity contribution in [3.05, 3.63) is 99.6 Å². The molecule has 166 valence electrons. The number of rotatable bonds is 5. The molecule has 4 rings (SSSR count). The highest BCUT2D eigenvalue weighted by molar-refractivity contribution is 7.98. The second-order valence-corrected chi connectivity index (χ2v) is 9.63. The van der Waals surface area contributed by atoms with Gasteiger partial charge in [0.25, 0.3) is 5.91 Å². The number of hydrogen-bond acceptors (Lipinski definition) is 3. The fourth-order valence-electron chi connectivity index (χ4n) is 4.43. The van der Waals surface area contributed by atoms with Crippen molar-refractivity contribution < 1.29 is 4.79 Å². The zero-order chi connectivity index (χ0) is 22.7. The minimum absolute atomic E-state index is 0.0218. The topological polar surface area (TPSA) is 23.6 Å². The largest absolute Gasteiger partial charge is 0.336 e. The molecule has 1 aliphatic rings. The second-order valence-electron chi connectivity index (χ2n) is 8.35. The number of benzene rings is 3. The van der Waals surface area contributed by atoms with Crippen LogP contribution in [-0.4, -0.2) is 48.1 Å². The van der Waals surface area contributed by atoms with Crippen molar-refractivity contribution in [3.63, 3.8) is 0 Å². The Morgan fingerprint density at radius 1 is 0.938 bits per heavy atom. The molecule has 1 aliphatic heterocycles. The van der Waals surface area contributed by atoms with Gasteiger partial charge in [-0.05, 0) is 55.0 Å². The van der Waals surface area contributed by atoms with Crippen LogP contribution in [0.2, 0.25) is 5.02 Å². The van der Waals surface area contributed by atoms with E-state index in [0.29, 0.717) is 23.7 Å². The van der Waals surface area contributed by atoms with Crippen molar-refractivity contribution >= 4 is 29.3 Å². The van der Waals surface area contributed by atoms with E-state index >= 15 is 0 Å². The maximum atomic E-state index is 13.2. The summed E-state index contributed by atoms with van der Waals surface area (Å²) in [6.07, 6.45) is 2.01. The minimum atomic E-state index is 0.0218. The lowest BCUT2D eigenvalue weighted by Crippen LogP contribution is -2.50. The summed E-state index contributed by atoms with van der Waals surface area (Å²) in [5.74, 6) is 0.0218. The van der Waals surface area contributed by atoms with E-state index in [4.69, 9.17) is 11.6 Å². The molecular formula is C27H29ClN2OS. The summed E-state index contributed by atoms with van der Waals surface area (Å²) in [7, 11) is 0. The van der Waals surface area contributed by atoms with Crippen LogP contribution < -0.4 is 0 Å². The van der Waals surface area contributed by atoms with E-state index in [1.807, 2.05) is 29.4 Å². The standard InChI is InChI=1S/C27H29ClN2OS/c1-19-9-10-20(2)23(17-19)26(21-7-5-4-6-8-21)29-13-15-30(16-14-29)27(31)24-18-22(32-3)11-12-25(24)28/h4-12,17-18,26H,13-16H2,1-3H3/t26-/m0/s1. The van der Waals surface area contributed by atoms with E-state index in [2.05, 4.69) is 67.3 Å². The van der Waals surface area contributed by atoms with Crippen LogP contribution in [0.15, 0.2) is 71.6 Å². The molecule has 0 spiro atoms. The summed E-state index contributed by atoms with van der Waals surface area (Å²) in [4.78, 5) is 18.7. The molecule has 0 unspecified atom stereocenters. The third-order valence-electron chi connectivity index (χ3n) is 6.22. The SMILES string of the molecule is CSc1ccc(Cl)c(C(=O)N2CCN([C@@H](c3ccccc3)c3cc(C)ccc3C)CC2)c1. The number of aryl methyl sites for hydroxylation is 2. The third-order valence-corrected chi connectivity index (χ3v) is 7.27. The van der Waals surface area contributed by atoms with Crippen molar-refractivity contribution in [2.24, 2.45) is 0 Å². The summed E-state index contributed by atoms with van der Waals surface area (Å²) in [6, 6.07) is 23.2. The van der Waals surface area contributed by atoms with Gasteiger partial charge in [-0.15, -0.1) is 11.8 Å². The van der Waals surface area contributed by atoms with E-state index in [-0.39, 0.29) is 11.9 Å². The molecule has 3 aromatic carbocycles. The van der Waals surface area contributed by atoms with Crippen LogP contribution in [0.1, 0.15) is 38.7 Å². The summed E-state index contributed by atoms with van der Waals surface area (Å²) in [5, 5.41) is 0.521. The lowest BCUT2D eigenvalue weighted by molar-refractivity contribution is 0.0597. The lowest BCUT2D eigenvalue weighted by atomic mass is 9.92. The van der Waals surface area contributed by atoms with Gasteiger partial charge in [-0.1, -0.05) is 65.7 Å². The van der Waals surface area contributed by atoms with E-state index in [1.165, 1.54) is 22.3 Å². The summed E-state index contributed by atoms with van der Waals surface area (Å²) >= 11 is 7.99. The number of carbonyl (C=O) groups is 1. The van der Waals surface area contributed by atoms with Gasteiger partial charge in [0.1, 0.15) is 0 Å². The molecule has 1 heterocycles. The molecule has 5 heteroatoms. The van der Waals surface area contributed by atoms with Gasteiger partial charge in [0, 0.05) is 31.1 Å². The van der Waals surface area contributed by atoms with Gasteiger partial charge in [0.05, 0.1) is 16.6 Å². The van der Waals surface area contributed by atoms with E-state index < -0.39 is 0 Å². The number of nitrogens with zero attached hydrogens (tertiary/aromatic N) is 2. The molecule has 1 fully saturated rings. The zero-order valence-corrected chi connectivity index (χ0v) is 20.4. The van der Waals surface area contributed by atoms with Crippen LogP contribution in [0.5, 0.6) is 0 Å². The van der Waals surface area contributed by atoms with Crippen LogP contribution in [0.4, 0.5) is 0 Å². The zero-order valence-electron chi connectivity index (χ0n) is 18.8. The average molecular weight is 465 g/mol. The Bertz CT molecular complexity index is 1090. The first kappa shape index (κ1) is 22.9. The Labute approximate surface area is 200 Å². The number of amides is 1. The molecule has 0 N–H and O–H groups in total. The Morgan fingerprint density at radius 2 is 1.66 bits per heavy atom. The van der Waals surface area contributed by atoms with Gasteiger partial charge in [-0.3, -0.25) is 9.69 Å². The lowest BCUT2D eigenvalue weighted by Gasteiger charge is -2.40. The van der Waals surface area contributed by atoms with Crippen molar-refractivity contribution in [1.82, 2.24) is 9.80 Å². The fourth-order valence-corrected chi connectivity index (χ4v) is 5.06. The van der Waals surface area contributed by atoms with Crippen LogP contribution >= 0.6 is 23.4 Å². The highest BCUT2D eigenvalue weighted by Crippen LogP contribution is 2.33. The minimum Gasteiger partial charge on any atom is -0.336 e. The van der Waals surface area contributed by atoms with Gasteiger partial charge in [0.2, 0.25) is 0 Å². The molecule has 3 nitrogen and oxygen atoms in total. The van der Waals surface area contributed by atoms with Crippen LogP contribution in [0.3, 0.4) is 0 Å². The first-order valence-corrected chi connectivity index (χ1v) is 12.6. The normalized spacial score (nSPS) is 15.6. The van der Waals surface area contributed by atoms with Crippen molar-refractivity contribution in [3.8, 4) is 0 Å². The van der Waals surface area contributed by atoms with Gasteiger partial charge in [-0.25, -0.2) is 0 Å². The summed E-state index contributed by atoms with van der Waals surface area (Å²) in [5.41, 5.74) is 5.79. The smallest absolute Gasteiger partial charge is 0.255 e. The predicted octanol–water partition coefficient (Wildman–Crippen LogP) is 6.23. The molecular weight excluding hydrogens is 436 g/mol. The Balaban J connectivity index is 1.57. The van der Waals surface area contributed by atoms with Crippen molar-refractivity contribution in [1.29, 1.82) is 0 Å². The van der Waals surface area contributed by atoms with Gasteiger partial charge in [-0.2, -0.15) is 0 Å². The average Bonchev–Trinajstić information content (AvgIpc) is 2.82. The quantitative estimate of drug-likeness (QED) is 0.418. The molecule has 0 aliphatic carbocycles. The van der Waals surface area contributed by atoms with Crippen LogP contribution in [0, 0.1) is 13.8 Å². The molecule has 1 amide bonds. The van der Waals surface area contributed by atoms with E-state index in [9.17, 15) is 4.79 Å². The number of hydrogen-bond donors (Lipinski definition) is 0. The van der Waals surface area contributed by atoms with Crippen LogP contribution in [0.25, 0.3) is 0 Å². The molecule has 32 heavy (non-hydrogen) atoms. The Hall–Kier alpha value is -2.27. The maximum Gasteiger partial charge on any atom is 0.255 e. The van der Waals surface area contributed by atoms with Gasteiger partial charge >= 0.3 is 0 Å². The van der Waals surface area contributed by atoms with E-state index in [1.54, 1.807) is 11.8 Å². The predicted molar refractivity (Wildman–Crippen MR) is 135 cm³/mol. The first-order valence-electron chi connectivity index (χ1n) is 11.0. The number of carbonyl (C=O) groups excluding carboxylic acids is 1.